The van der Waals surface area contributed by atoms with Crippen molar-refractivity contribution >= 4 is 23.5 Å². The molecule has 0 saturated heterocycles. The lowest BCUT2D eigenvalue weighted by Crippen LogP contribution is -2.16. The fraction of sp³-hybridized carbons (Fsp3) is 0.556. The first-order chi connectivity index (χ1) is 7.15. The van der Waals surface area contributed by atoms with Gasteiger partial charge in [0.05, 0.1) is 0 Å². The van der Waals surface area contributed by atoms with Crippen LogP contribution in [0, 0.1) is 6.92 Å². The molecule has 1 heterocycles. The Bertz CT molecular complexity index is 317. The summed E-state index contributed by atoms with van der Waals surface area (Å²) in [7, 11) is 0. The average molecular weight is 227 g/mol. The van der Waals surface area contributed by atoms with E-state index in [1.807, 2.05) is 24.8 Å². The van der Waals surface area contributed by atoms with Gasteiger partial charge in [-0.15, -0.1) is 0 Å². The molecule has 0 amide bonds. The van der Waals surface area contributed by atoms with Crippen molar-refractivity contribution in [3.63, 3.8) is 0 Å². The van der Waals surface area contributed by atoms with E-state index in [1.54, 1.807) is 0 Å². The van der Waals surface area contributed by atoms with Crippen molar-refractivity contribution in [3.05, 3.63) is 11.8 Å². The maximum absolute atomic E-state index is 5.26. The Morgan fingerprint density at radius 3 is 2.87 bits per heavy atom. The second-order valence-corrected chi connectivity index (χ2v) is 4.57. The molecule has 0 aromatic carbocycles. The van der Waals surface area contributed by atoms with Gasteiger partial charge in [-0.2, -0.15) is 16.7 Å². The highest BCUT2D eigenvalue weighted by molar-refractivity contribution is 7.99. The molecule has 0 aliphatic rings. The molecule has 0 bridgehead atoms. The number of thioether (sulfide) groups is 1. The average Bonchev–Trinajstić information content (AvgIpc) is 2.25. The molecule has 1 rings (SSSR count). The molecule has 5 nitrogen and oxygen atoms in total. The molecule has 0 spiro atoms. The molecule has 84 valence electrons. The molecule has 0 saturated carbocycles. The van der Waals surface area contributed by atoms with Crippen LogP contribution in [-0.2, 0) is 0 Å². The lowest BCUT2D eigenvalue weighted by molar-refractivity contribution is 0.978. The van der Waals surface area contributed by atoms with Gasteiger partial charge >= 0.3 is 0 Å². The van der Waals surface area contributed by atoms with Gasteiger partial charge in [0.25, 0.3) is 0 Å². The molecule has 0 aliphatic heterocycles. The summed E-state index contributed by atoms with van der Waals surface area (Å²) >= 11 is 1.81. The highest BCUT2D eigenvalue weighted by Gasteiger charge is 2.02. The van der Waals surface area contributed by atoms with E-state index in [2.05, 4.69) is 33.9 Å². The van der Waals surface area contributed by atoms with Crippen molar-refractivity contribution in [1.82, 2.24) is 9.97 Å². The van der Waals surface area contributed by atoms with E-state index in [-0.39, 0.29) is 0 Å². The summed E-state index contributed by atoms with van der Waals surface area (Å²) in [6, 6.07) is 1.90. The number of nitrogens with zero attached hydrogens (tertiary/aromatic N) is 2. The van der Waals surface area contributed by atoms with Crippen LogP contribution < -0.4 is 16.6 Å². The minimum absolute atomic E-state index is 0.439. The van der Waals surface area contributed by atoms with E-state index < -0.39 is 0 Å². The lowest BCUT2D eigenvalue weighted by atomic mass is 10.4. The van der Waals surface area contributed by atoms with Crippen LogP contribution in [0.4, 0.5) is 11.8 Å². The van der Waals surface area contributed by atoms with Gasteiger partial charge in [-0.3, -0.25) is 5.43 Å². The van der Waals surface area contributed by atoms with Crippen LogP contribution in [0.15, 0.2) is 6.07 Å². The normalized spacial score (nSPS) is 12.3. The summed E-state index contributed by atoms with van der Waals surface area (Å²) in [6.07, 6.45) is 2.09. The topological polar surface area (TPSA) is 75.9 Å². The number of rotatable bonds is 5. The van der Waals surface area contributed by atoms with Crippen LogP contribution in [0.2, 0.25) is 0 Å². The van der Waals surface area contributed by atoms with Gasteiger partial charge < -0.3 is 5.32 Å². The van der Waals surface area contributed by atoms with E-state index >= 15 is 0 Å². The number of anilines is 2. The third-order valence-corrected chi connectivity index (χ3v) is 2.93. The Labute approximate surface area is 94.2 Å². The Hall–Kier alpha value is -1.01. The molecular formula is C9H17N5S. The lowest BCUT2D eigenvalue weighted by Gasteiger charge is -2.11. The molecule has 6 heteroatoms. The molecular weight excluding hydrogens is 210 g/mol. The second kappa shape index (κ2) is 5.77. The van der Waals surface area contributed by atoms with Crippen molar-refractivity contribution in [2.24, 2.45) is 5.84 Å². The third kappa shape index (κ3) is 3.93. The van der Waals surface area contributed by atoms with Crippen molar-refractivity contribution < 1.29 is 0 Å². The molecule has 0 fully saturated rings. The van der Waals surface area contributed by atoms with Crippen molar-refractivity contribution in [2.75, 3.05) is 23.5 Å². The summed E-state index contributed by atoms with van der Waals surface area (Å²) in [5.41, 5.74) is 3.33. The summed E-state index contributed by atoms with van der Waals surface area (Å²) in [5.74, 6) is 6.50. The minimum Gasteiger partial charge on any atom is -0.369 e. The fourth-order valence-corrected chi connectivity index (χ4v) is 1.31. The molecule has 1 atom stereocenters. The quantitative estimate of drug-likeness (QED) is 0.519. The zero-order valence-corrected chi connectivity index (χ0v) is 10.1. The third-order valence-electron chi connectivity index (χ3n) is 1.96. The first-order valence-corrected chi connectivity index (χ1v) is 6.03. The minimum atomic E-state index is 0.439. The summed E-state index contributed by atoms with van der Waals surface area (Å²) in [5, 5.41) is 3.79. The molecule has 1 aromatic heterocycles. The van der Waals surface area contributed by atoms with Crippen molar-refractivity contribution in [1.29, 1.82) is 0 Å². The first-order valence-electron chi connectivity index (χ1n) is 4.74. The van der Waals surface area contributed by atoms with Crippen LogP contribution in [0.3, 0.4) is 0 Å². The Kier molecular flexibility index (Phi) is 4.64. The van der Waals surface area contributed by atoms with E-state index in [0.717, 1.165) is 18.1 Å². The first kappa shape index (κ1) is 12.1. The number of hydrogen-bond donors (Lipinski definition) is 3. The largest absolute Gasteiger partial charge is 0.369 e. The maximum Gasteiger partial charge on any atom is 0.239 e. The van der Waals surface area contributed by atoms with Crippen LogP contribution in [0.1, 0.15) is 12.6 Å². The van der Waals surface area contributed by atoms with Crippen LogP contribution in [0.25, 0.3) is 0 Å². The number of nitrogens with two attached hydrogens (primary N) is 1. The maximum atomic E-state index is 5.26. The fourth-order valence-electron chi connectivity index (χ4n) is 1.06. The number of nitrogen functional groups attached to an aromatic ring is 1. The molecule has 0 radical (unpaired) electrons. The van der Waals surface area contributed by atoms with Gasteiger partial charge in [-0.05, 0) is 13.2 Å². The van der Waals surface area contributed by atoms with E-state index in [0.29, 0.717) is 11.2 Å². The summed E-state index contributed by atoms with van der Waals surface area (Å²) in [6.45, 7) is 4.95. The van der Waals surface area contributed by atoms with Crippen molar-refractivity contribution in [3.8, 4) is 0 Å². The number of hydrazine groups is 1. The monoisotopic (exact) mass is 227 g/mol. The Morgan fingerprint density at radius 2 is 2.27 bits per heavy atom. The van der Waals surface area contributed by atoms with Crippen LogP contribution in [-0.4, -0.2) is 28.0 Å². The number of aromatic nitrogens is 2. The summed E-state index contributed by atoms with van der Waals surface area (Å²) in [4.78, 5) is 8.30. The van der Waals surface area contributed by atoms with Gasteiger partial charge in [0.1, 0.15) is 5.82 Å². The van der Waals surface area contributed by atoms with Gasteiger partial charge in [-0.25, -0.2) is 10.8 Å². The standard InChI is InChI=1S/C9H17N5S/c1-6-4-8(11-5-7(2)15-3)13-9(12-6)14-10/h4,7H,5,10H2,1-3H3,(H2,11,12,13,14). The molecule has 1 aromatic rings. The number of hydrogen-bond acceptors (Lipinski definition) is 6. The van der Waals surface area contributed by atoms with Gasteiger partial charge in [0, 0.05) is 23.6 Å². The van der Waals surface area contributed by atoms with Gasteiger partial charge in [0.2, 0.25) is 5.95 Å². The van der Waals surface area contributed by atoms with Gasteiger partial charge in [0.15, 0.2) is 0 Å². The number of nitrogens with one attached hydrogen (secondary N) is 2. The summed E-state index contributed by atoms with van der Waals surface area (Å²) < 4.78 is 0. The predicted molar refractivity (Wildman–Crippen MR) is 66.0 cm³/mol. The predicted octanol–water partition coefficient (Wildman–Crippen LogP) is 1.23. The Balaban J connectivity index is 2.64. The highest BCUT2D eigenvalue weighted by atomic mass is 32.2. The van der Waals surface area contributed by atoms with Crippen molar-refractivity contribution in [2.45, 2.75) is 19.1 Å². The zero-order valence-electron chi connectivity index (χ0n) is 9.24. The number of aryl methyl sites for hydroxylation is 1. The van der Waals surface area contributed by atoms with Gasteiger partial charge in [-0.1, -0.05) is 6.92 Å². The van der Waals surface area contributed by atoms with Crippen LogP contribution in [0.5, 0.6) is 0 Å². The van der Waals surface area contributed by atoms with E-state index in [4.69, 9.17) is 5.84 Å². The van der Waals surface area contributed by atoms with Crippen LogP contribution >= 0.6 is 11.8 Å². The second-order valence-electron chi connectivity index (χ2n) is 3.29. The molecule has 15 heavy (non-hydrogen) atoms. The van der Waals surface area contributed by atoms with E-state index in [9.17, 15) is 0 Å². The smallest absolute Gasteiger partial charge is 0.239 e. The molecule has 1 unspecified atom stereocenters. The van der Waals surface area contributed by atoms with E-state index in [1.165, 1.54) is 0 Å². The molecule has 4 N–H and O–H groups in total. The Morgan fingerprint density at radius 1 is 1.53 bits per heavy atom. The SMILES string of the molecule is CSC(C)CNc1cc(C)nc(NN)n1. The zero-order chi connectivity index (χ0) is 11.3. The highest BCUT2D eigenvalue weighted by Crippen LogP contribution is 2.11. The molecule has 0 aliphatic carbocycles.